The maximum Gasteiger partial charge on any atom is 0.203 e. The fourth-order valence-electron chi connectivity index (χ4n) is 6.12. The lowest BCUT2D eigenvalue weighted by molar-refractivity contribution is 0.252. The van der Waals surface area contributed by atoms with Crippen molar-refractivity contribution < 1.29 is 28.8 Å². The number of benzene rings is 5. The van der Waals surface area contributed by atoms with E-state index in [0.717, 1.165) is 27.8 Å². The molecule has 0 spiro atoms. The van der Waals surface area contributed by atoms with Crippen LogP contribution in [0.15, 0.2) is 122 Å². The summed E-state index contributed by atoms with van der Waals surface area (Å²) in [5.74, 6) is 1.15. The molecule has 0 unspecified atom stereocenters. The number of hydrogen-bond acceptors (Lipinski definition) is 6. The highest BCUT2D eigenvalue weighted by Gasteiger charge is 2.27. The first-order chi connectivity index (χ1) is 23.4. The van der Waals surface area contributed by atoms with E-state index < -0.39 is 6.10 Å². The SMILES string of the molecule is COc1ccc(Cn2cc3c(O)c4cc(Cc5ccc(F)cc5)cnc4c(OC(c4ccccc4)c4ccccc4)c3c2O)c(OC)c1. The first kappa shape index (κ1) is 30.6. The van der Waals surface area contributed by atoms with Crippen molar-refractivity contribution in [3.8, 4) is 28.9 Å². The predicted molar refractivity (Wildman–Crippen MR) is 184 cm³/mol. The van der Waals surface area contributed by atoms with Crippen molar-refractivity contribution in [1.29, 1.82) is 0 Å². The van der Waals surface area contributed by atoms with Crippen molar-refractivity contribution in [2.24, 2.45) is 0 Å². The summed E-state index contributed by atoms with van der Waals surface area (Å²) in [4.78, 5) is 4.81. The Kier molecular flexibility index (Phi) is 8.29. The molecule has 8 heteroatoms. The average Bonchev–Trinajstić information content (AvgIpc) is 3.45. The highest BCUT2D eigenvalue weighted by atomic mass is 19.1. The predicted octanol–water partition coefficient (Wildman–Crippen LogP) is 8.56. The Balaban J connectivity index is 1.42. The van der Waals surface area contributed by atoms with Crippen molar-refractivity contribution in [2.45, 2.75) is 19.1 Å². The molecular weight excluding hydrogens is 607 g/mol. The molecule has 7 aromatic rings. The molecule has 7 nitrogen and oxygen atoms in total. The van der Waals surface area contributed by atoms with Gasteiger partial charge >= 0.3 is 0 Å². The molecule has 0 amide bonds. The van der Waals surface area contributed by atoms with E-state index >= 15 is 0 Å². The molecule has 7 rings (SSSR count). The second kappa shape index (κ2) is 13.0. The average molecular weight is 641 g/mol. The van der Waals surface area contributed by atoms with Crippen LogP contribution in [0.4, 0.5) is 4.39 Å². The van der Waals surface area contributed by atoms with Crippen molar-refractivity contribution in [2.75, 3.05) is 14.2 Å². The summed E-state index contributed by atoms with van der Waals surface area (Å²) in [5.41, 5.74) is 4.74. The molecule has 0 aliphatic rings. The van der Waals surface area contributed by atoms with Crippen LogP contribution in [-0.2, 0) is 13.0 Å². The number of methoxy groups -OCH3 is 2. The summed E-state index contributed by atoms with van der Waals surface area (Å²) >= 11 is 0. The summed E-state index contributed by atoms with van der Waals surface area (Å²) in [6, 6.07) is 33.3. The van der Waals surface area contributed by atoms with E-state index in [1.807, 2.05) is 78.9 Å². The first-order valence-electron chi connectivity index (χ1n) is 15.5. The maximum atomic E-state index is 13.6. The van der Waals surface area contributed by atoms with Crippen LogP contribution >= 0.6 is 0 Å². The van der Waals surface area contributed by atoms with E-state index in [0.29, 0.717) is 45.3 Å². The van der Waals surface area contributed by atoms with Crippen molar-refractivity contribution in [3.05, 3.63) is 155 Å². The van der Waals surface area contributed by atoms with Gasteiger partial charge < -0.3 is 29.0 Å². The topological polar surface area (TPSA) is 86.0 Å². The lowest BCUT2D eigenvalue weighted by Crippen LogP contribution is -2.10. The van der Waals surface area contributed by atoms with Crippen molar-refractivity contribution in [1.82, 2.24) is 9.55 Å². The maximum absolute atomic E-state index is 13.6. The van der Waals surface area contributed by atoms with E-state index in [1.54, 1.807) is 49.4 Å². The Morgan fingerprint density at radius 1 is 0.771 bits per heavy atom. The Labute approximate surface area is 277 Å². The number of halogens is 1. The van der Waals surface area contributed by atoms with Gasteiger partial charge in [0.25, 0.3) is 0 Å². The molecule has 0 aliphatic heterocycles. The zero-order chi connectivity index (χ0) is 33.2. The Hall–Kier alpha value is -6.02. The third kappa shape index (κ3) is 5.84. The van der Waals surface area contributed by atoms with Gasteiger partial charge in [0.05, 0.1) is 26.2 Å². The van der Waals surface area contributed by atoms with Crippen LogP contribution < -0.4 is 14.2 Å². The van der Waals surface area contributed by atoms with Crippen LogP contribution in [0.3, 0.4) is 0 Å². The van der Waals surface area contributed by atoms with Crippen LogP contribution in [-0.4, -0.2) is 34.0 Å². The summed E-state index contributed by atoms with van der Waals surface area (Å²) < 4.78 is 33.2. The molecule has 0 saturated heterocycles. The highest BCUT2D eigenvalue weighted by molar-refractivity contribution is 6.11. The van der Waals surface area contributed by atoms with Gasteiger partial charge in [-0.3, -0.25) is 4.98 Å². The number of pyridine rings is 1. The summed E-state index contributed by atoms with van der Waals surface area (Å²) in [7, 11) is 3.17. The number of aromatic nitrogens is 2. The number of rotatable bonds is 10. The molecule has 240 valence electrons. The molecular formula is C40H33FN2O5. The molecule has 0 fully saturated rings. The molecule has 0 atom stereocenters. The summed E-state index contributed by atoms with van der Waals surface area (Å²) in [5, 5.41) is 24.9. The van der Waals surface area contributed by atoms with Gasteiger partial charge in [-0.25, -0.2) is 4.39 Å². The number of aromatic hydroxyl groups is 2. The van der Waals surface area contributed by atoms with Gasteiger partial charge in [0, 0.05) is 34.8 Å². The fraction of sp³-hybridized carbons (Fsp3) is 0.125. The fourth-order valence-corrected chi connectivity index (χ4v) is 6.12. The molecule has 2 N–H and O–H groups in total. The molecule has 2 aromatic heterocycles. The highest BCUT2D eigenvalue weighted by Crippen LogP contribution is 2.48. The minimum atomic E-state index is -0.548. The zero-order valence-corrected chi connectivity index (χ0v) is 26.4. The van der Waals surface area contributed by atoms with Crippen LogP contribution in [0, 0.1) is 5.82 Å². The summed E-state index contributed by atoms with van der Waals surface area (Å²) in [6.45, 7) is 0.243. The van der Waals surface area contributed by atoms with Crippen molar-refractivity contribution in [3.63, 3.8) is 0 Å². The van der Waals surface area contributed by atoms with E-state index in [2.05, 4.69) is 0 Å². The number of fused-ring (bicyclic) bond motifs is 2. The van der Waals surface area contributed by atoms with Crippen LogP contribution in [0.5, 0.6) is 28.9 Å². The molecule has 5 aromatic carbocycles. The molecule has 0 bridgehead atoms. The second-order valence-corrected chi connectivity index (χ2v) is 11.6. The van der Waals surface area contributed by atoms with Gasteiger partial charge in [0.1, 0.15) is 34.7 Å². The Morgan fingerprint density at radius 2 is 1.46 bits per heavy atom. The van der Waals surface area contributed by atoms with Crippen LogP contribution in [0.2, 0.25) is 0 Å². The number of ether oxygens (including phenoxy) is 3. The quantitative estimate of drug-likeness (QED) is 0.156. The van der Waals surface area contributed by atoms with E-state index in [1.165, 1.54) is 12.1 Å². The van der Waals surface area contributed by atoms with Gasteiger partial charge in [0.15, 0.2) is 5.75 Å². The van der Waals surface area contributed by atoms with Gasteiger partial charge in [-0.05, 0) is 59.0 Å². The van der Waals surface area contributed by atoms with Crippen LogP contribution in [0.25, 0.3) is 21.7 Å². The smallest absolute Gasteiger partial charge is 0.203 e. The number of nitrogens with zero attached hydrogens (tertiary/aromatic N) is 2. The van der Waals surface area contributed by atoms with Gasteiger partial charge in [-0.2, -0.15) is 0 Å². The standard InChI is InChI=1S/C40H33FN2O5/c1-46-31-18-15-29(34(21-31)47-2)23-43-24-33-35(40(43)45)39(48-38(27-9-5-3-6-10-27)28-11-7-4-8-12-28)36-32(37(33)44)20-26(22-42-36)19-25-13-16-30(41)17-14-25/h3-18,20-22,24,38,44-45H,19,23H2,1-2H3. The lowest BCUT2D eigenvalue weighted by Gasteiger charge is -2.22. The number of phenols is 1. The van der Waals surface area contributed by atoms with E-state index in [9.17, 15) is 14.6 Å². The minimum Gasteiger partial charge on any atom is -0.507 e. The minimum absolute atomic E-state index is 0.0347. The Morgan fingerprint density at radius 3 is 2.10 bits per heavy atom. The third-order valence-corrected chi connectivity index (χ3v) is 8.54. The van der Waals surface area contributed by atoms with Gasteiger partial charge in [-0.15, -0.1) is 0 Å². The molecule has 0 saturated carbocycles. The number of phenolic OH excluding ortho intramolecular Hbond substituents is 1. The molecule has 2 heterocycles. The second-order valence-electron chi connectivity index (χ2n) is 11.6. The Bertz CT molecular complexity index is 2180. The summed E-state index contributed by atoms with van der Waals surface area (Å²) in [6.07, 6.45) is 3.37. The van der Waals surface area contributed by atoms with E-state index in [-0.39, 0.29) is 24.0 Å². The van der Waals surface area contributed by atoms with Gasteiger partial charge in [-0.1, -0.05) is 72.8 Å². The monoisotopic (exact) mass is 640 g/mol. The first-order valence-corrected chi connectivity index (χ1v) is 15.5. The van der Waals surface area contributed by atoms with Crippen LogP contribution in [0.1, 0.15) is 33.9 Å². The lowest BCUT2D eigenvalue weighted by atomic mass is 10.00. The zero-order valence-electron chi connectivity index (χ0n) is 26.4. The molecule has 48 heavy (non-hydrogen) atoms. The van der Waals surface area contributed by atoms with Crippen molar-refractivity contribution >= 4 is 21.7 Å². The normalized spacial score (nSPS) is 11.3. The van der Waals surface area contributed by atoms with Gasteiger partial charge in [0.2, 0.25) is 5.88 Å². The third-order valence-electron chi connectivity index (χ3n) is 8.54. The number of hydrogen-bond donors (Lipinski definition) is 2. The van der Waals surface area contributed by atoms with E-state index in [4.69, 9.17) is 19.2 Å². The largest absolute Gasteiger partial charge is 0.507 e. The molecule has 0 radical (unpaired) electrons. The molecule has 0 aliphatic carbocycles.